The van der Waals surface area contributed by atoms with Gasteiger partial charge in [-0.25, -0.2) is 4.57 Å². The molecule has 0 radical (unpaired) electrons. The Hall–Kier alpha value is -2.18. The van der Waals surface area contributed by atoms with E-state index in [1.165, 1.54) is 15.8 Å². The Labute approximate surface area is 150 Å². The van der Waals surface area contributed by atoms with E-state index in [9.17, 15) is 0 Å². The summed E-state index contributed by atoms with van der Waals surface area (Å²) in [7, 11) is 0.518. The summed E-state index contributed by atoms with van der Waals surface area (Å²) in [6.45, 7) is 9.21. The van der Waals surface area contributed by atoms with Crippen LogP contribution < -0.4 is 13.8 Å². The molecule has 0 N–H and O–H groups in total. The third kappa shape index (κ3) is 1.92. The Bertz CT molecular complexity index is 1180. The highest BCUT2D eigenvalue weighted by atomic mass is 32.1. The van der Waals surface area contributed by atoms with E-state index in [1.54, 1.807) is 17.6 Å². The number of aromatic nitrogens is 2. The van der Waals surface area contributed by atoms with E-state index in [0.717, 1.165) is 38.2 Å². The number of aryl methyl sites for hydroxylation is 2. The second-order valence-electron chi connectivity index (χ2n) is 7.70. The average Bonchev–Trinajstić information content (AvgIpc) is 3.15. The highest BCUT2D eigenvalue weighted by molar-refractivity contribution is 7.31. The summed E-state index contributed by atoms with van der Waals surface area (Å²) in [4.78, 5) is 5.75. The Morgan fingerprint density at radius 2 is 2.04 bits per heavy atom. The highest BCUT2D eigenvalue weighted by Crippen LogP contribution is 2.49. The number of hydrogen-bond acceptors (Lipinski definition) is 4. The minimum absolute atomic E-state index is 0.873. The molecule has 1 aromatic carbocycles. The molecule has 1 aliphatic rings. The van der Waals surface area contributed by atoms with Crippen LogP contribution in [-0.2, 0) is 7.05 Å². The zero-order valence-corrected chi connectivity index (χ0v) is 16.7. The Morgan fingerprint density at radius 1 is 1.24 bits per heavy atom. The molecule has 4 aromatic rings. The van der Waals surface area contributed by atoms with Crippen LogP contribution >= 0.6 is 11.3 Å². The summed E-state index contributed by atoms with van der Waals surface area (Å²) < 4.78 is 15.6. The molecule has 0 saturated carbocycles. The van der Waals surface area contributed by atoms with Crippen molar-refractivity contribution >= 4 is 45.1 Å². The van der Waals surface area contributed by atoms with Crippen LogP contribution in [-0.4, -0.2) is 13.1 Å². The number of benzene rings is 1. The first kappa shape index (κ1) is 15.1. The fourth-order valence-electron chi connectivity index (χ4n) is 3.71. The van der Waals surface area contributed by atoms with Crippen LogP contribution in [0, 0.1) is 6.92 Å². The summed E-state index contributed by atoms with van der Waals surface area (Å²) in [5.41, 5.74) is 4.41. The van der Waals surface area contributed by atoms with Crippen molar-refractivity contribution in [1.29, 1.82) is 0 Å². The molecule has 0 saturated heterocycles. The molecule has 0 fully saturated rings. The normalized spacial score (nSPS) is 13.3. The van der Waals surface area contributed by atoms with Crippen molar-refractivity contribution in [2.75, 3.05) is 0 Å². The number of thiophene rings is 1. The van der Waals surface area contributed by atoms with Crippen LogP contribution in [0.3, 0.4) is 0 Å². The van der Waals surface area contributed by atoms with E-state index in [2.05, 4.69) is 43.2 Å². The minimum atomic E-state index is -1.54. The van der Waals surface area contributed by atoms with E-state index < -0.39 is 8.07 Å². The molecular formula is C19H19N2O2SSi+. The first-order valence-electron chi connectivity index (χ1n) is 8.37. The molecular weight excluding hydrogens is 348 g/mol. The van der Waals surface area contributed by atoms with Gasteiger partial charge in [-0.1, -0.05) is 31.0 Å². The smallest absolute Gasteiger partial charge is 0.288 e. The van der Waals surface area contributed by atoms with Crippen molar-refractivity contribution in [2.45, 2.75) is 26.6 Å². The van der Waals surface area contributed by atoms with Gasteiger partial charge in [-0.15, -0.1) is 0 Å². The lowest BCUT2D eigenvalue weighted by molar-refractivity contribution is -0.662. The van der Waals surface area contributed by atoms with Crippen molar-refractivity contribution < 1.29 is 13.7 Å². The van der Waals surface area contributed by atoms with Gasteiger partial charge in [-0.2, -0.15) is 0 Å². The lowest BCUT2D eigenvalue weighted by Crippen LogP contribution is -2.36. The minimum Gasteiger partial charge on any atom is -0.464 e. The Kier molecular flexibility index (Phi) is 2.84. The summed E-state index contributed by atoms with van der Waals surface area (Å²) in [5.74, 6) is 1.89. The highest BCUT2D eigenvalue weighted by Gasteiger charge is 2.37. The molecule has 0 aliphatic carbocycles. The SMILES string of the molecule is Cc1c2c(cc3occc13)Oc1c([Si](C)(C)C)sc3nc[n+](C)c-2c13. The summed E-state index contributed by atoms with van der Waals surface area (Å²) in [6.07, 6.45) is 3.66. The van der Waals surface area contributed by atoms with Gasteiger partial charge in [0.15, 0.2) is 11.4 Å². The van der Waals surface area contributed by atoms with E-state index in [1.807, 2.05) is 18.5 Å². The fraction of sp³-hybridized carbons (Fsp3) is 0.263. The van der Waals surface area contributed by atoms with Gasteiger partial charge >= 0.3 is 0 Å². The standard InChI is InChI=1S/C19H19N2O2SSi/c1-10-11-6-7-22-12(11)8-13-14(10)16-15-17(23-13)19(25(3,4)5)24-18(15)20-9-21(16)2/h6-9H,1-5H3/q+1. The maximum atomic E-state index is 6.49. The van der Waals surface area contributed by atoms with E-state index >= 15 is 0 Å². The molecule has 0 spiro atoms. The van der Waals surface area contributed by atoms with Crippen molar-refractivity contribution in [1.82, 2.24) is 4.98 Å². The van der Waals surface area contributed by atoms with Crippen LogP contribution in [0.15, 0.2) is 29.1 Å². The van der Waals surface area contributed by atoms with Crippen LogP contribution in [0.2, 0.25) is 19.6 Å². The molecule has 0 atom stereocenters. The van der Waals surface area contributed by atoms with Gasteiger partial charge < -0.3 is 9.15 Å². The molecule has 25 heavy (non-hydrogen) atoms. The van der Waals surface area contributed by atoms with Gasteiger partial charge in [0, 0.05) is 16.0 Å². The van der Waals surface area contributed by atoms with Gasteiger partial charge in [0.2, 0.25) is 4.83 Å². The number of hydrogen-bond donors (Lipinski definition) is 0. The molecule has 3 aromatic heterocycles. The lowest BCUT2D eigenvalue weighted by atomic mass is 9.97. The van der Waals surface area contributed by atoms with Gasteiger partial charge in [0.1, 0.15) is 16.7 Å². The molecule has 5 rings (SSSR count). The maximum Gasteiger partial charge on any atom is 0.288 e. The van der Waals surface area contributed by atoms with Gasteiger partial charge in [-0.3, -0.25) is 0 Å². The molecule has 4 heterocycles. The topological polar surface area (TPSA) is 39.1 Å². The van der Waals surface area contributed by atoms with E-state index in [0.29, 0.717) is 0 Å². The molecule has 1 aliphatic heterocycles. The second-order valence-corrected chi connectivity index (χ2v) is 14.1. The first-order chi connectivity index (χ1) is 11.9. The number of ether oxygens (including phenoxy) is 1. The first-order valence-corrected chi connectivity index (χ1v) is 12.7. The molecule has 0 amide bonds. The monoisotopic (exact) mass is 367 g/mol. The summed E-state index contributed by atoms with van der Waals surface area (Å²) >= 11 is 1.79. The molecule has 6 heteroatoms. The van der Waals surface area contributed by atoms with Crippen LogP contribution in [0.4, 0.5) is 0 Å². The molecule has 4 nitrogen and oxygen atoms in total. The van der Waals surface area contributed by atoms with Gasteiger partial charge in [0.25, 0.3) is 6.33 Å². The Morgan fingerprint density at radius 3 is 2.80 bits per heavy atom. The molecule has 126 valence electrons. The molecule has 0 bridgehead atoms. The quantitative estimate of drug-likeness (QED) is 0.324. The Balaban J connectivity index is 1.98. The number of furan rings is 1. The van der Waals surface area contributed by atoms with Crippen molar-refractivity contribution in [3.05, 3.63) is 30.3 Å². The maximum absolute atomic E-state index is 6.49. The van der Waals surface area contributed by atoms with Crippen molar-refractivity contribution in [3.63, 3.8) is 0 Å². The average molecular weight is 368 g/mol. The van der Waals surface area contributed by atoms with Crippen molar-refractivity contribution in [3.8, 4) is 22.8 Å². The number of rotatable bonds is 1. The predicted octanol–water partition coefficient (Wildman–Crippen LogP) is 4.49. The van der Waals surface area contributed by atoms with Crippen LogP contribution in [0.5, 0.6) is 11.5 Å². The largest absolute Gasteiger partial charge is 0.464 e. The predicted molar refractivity (Wildman–Crippen MR) is 104 cm³/mol. The fourth-order valence-corrected chi connectivity index (χ4v) is 6.90. The van der Waals surface area contributed by atoms with Crippen LogP contribution in [0.1, 0.15) is 5.56 Å². The van der Waals surface area contributed by atoms with E-state index in [-0.39, 0.29) is 0 Å². The third-order valence-electron chi connectivity index (χ3n) is 4.90. The van der Waals surface area contributed by atoms with E-state index in [4.69, 9.17) is 9.15 Å². The second kappa shape index (κ2) is 4.71. The molecule has 0 unspecified atom stereocenters. The number of fused-ring (bicyclic) bond motifs is 3. The van der Waals surface area contributed by atoms with Gasteiger partial charge in [-0.05, 0) is 23.5 Å². The number of nitrogens with zero attached hydrogens (tertiary/aromatic N) is 2. The zero-order chi connectivity index (χ0) is 17.5. The van der Waals surface area contributed by atoms with Gasteiger partial charge in [0.05, 0.1) is 26.9 Å². The summed E-state index contributed by atoms with van der Waals surface area (Å²) in [6, 6.07) is 4.05. The zero-order valence-electron chi connectivity index (χ0n) is 14.9. The van der Waals surface area contributed by atoms with Crippen LogP contribution in [0.25, 0.3) is 32.4 Å². The van der Waals surface area contributed by atoms with Crippen molar-refractivity contribution in [2.24, 2.45) is 7.05 Å². The third-order valence-corrected chi connectivity index (χ3v) is 9.52. The lowest BCUT2D eigenvalue weighted by Gasteiger charge is -2.22. The summed E-state index contributed by atoms with van der Waals surface area (Å²) in [5, 5.41) is 2.29.